The summed E-state index contributed by atoms with van der Waals surface area (Å²) in [6.07, 6.45) is 6.73. The monoisotopic (exact) mass is 463 g/mol. The Bertz CT molecular complexity index is 1120. The Labute approximate surface area is 196 Å². The van der Waals surface area contributed by atoms with Gasteiger partial charge in [0.05, 0.1) is 22.1 Å². The van der Waals surface area contributed by atoms with E-state index in [2.05, 4.69) is 33.1 Å². The van der Waals surface area contributed by atoms with E-state index in [1.54, 1.807) is 35.2 Å². The summed E-state index contributed by atoms with van der Waals surface area (Å²) >= 11 is 3.35. The lowest BCUT2D eigenvalue weighted by Gasteiger charge is -2.14. The summed E-state index contributed by atoms with van der Waals surface area (Å²) in [4.78, 5) is 30.8. The zero-order valence-corrected chi connectivity index (χ0v) is 19.5. The van der Waals surface area contributed by atoms with Crippen molar-refractivity contribution in [1.29, 1.82) is 0 Å². The Morgan fingerprint density at radius 2 is 1.84 bits per heavy atom. The van der Waals surface area contributed by atoms with E-state index >= 15 is 0 Å². The van der Waals surface area contributed by atoms with E-state index in [9.17, 15) is 9.59 Å². The third-order valence-electron chi connectivity index (χ3n) is 5.18. The van der Waals surface area contributed by atoms with Crippen LogP contribution in [0.2, 0.25) is 0 Å². The third kappa shape index (κ3) is 6.08. The molecule has 1 aliphatic carbocycles. The van der Waals surface area contributed by atoms with Gasteiger partial charge in [0.1, 0.15) is 0 Å². The van der Waals surface area contributed by atoms with E-state index in [1.807, 2.05) is 43.3 Å². The highest BCUT2D eigenvalue weighted by atomic mass is 32.2. The zero-order valence-electron chi connectivity index (χ0n) is 17.8. The molecule has 32 heavy (non-hydrogen) atoms. The molecule has 0 aliphatic heterocycles. The smallest absolute Gasteiger partial charge is 0.255 e. The van der Waals surface area contributed by atoms with Crippen LogP contribution in [-0.4, -0.2) is 16.8 Å². The summed E-state index contributed by atoms with van der Waals surface area (Å²) < 4.78 is 0. The Kier molecular flexibility index (Phi) is 7.39. The maximum atomic E-state index is 12.8. The number of rotatable bonds is 8. The van der Waals surface area contributed by atoms with Crippen LogP contribution in [0.25, 0.3) is 0 Å². The number of aromatic nitrogens is 1. The van der Waals surface area contributed by atoms with Gasteiger partial charge in [0, 0.05) is 28.0 Å². The molecule has 0 fully saturated rings. The van der Waals surface area contributed by atoms with Gasteiger partial charge in [-0.2, -0.15) is 0 Å². The van der Waals surface area contributed by atoms with Gasteiger partial charge in [-0.3, -0.25) is 9.59 Å². The molecule has 0 saturated heterocycles. The number of aryl methyl sites for hydroxylation is 1. The van der Waals surface area contributed by atoms with E-state index < -0.39 is 0 Å². The molecule has 7 heteroatoms. The molecule has 2 N–H and O–H groups in total. The van der Waals surface area contributed by atoms with Crippen LogP contribution in [-0.2, 0) is 10.5 Å². The minimum atomic E-state index is -0.211. The molecule has 3 aromatic rings. The first-order chi connectivity index (χ1) is 15.6. The number of anilines is 2. The molecule has 1 atom stereocenters. The van der Waals surface area contributed by atoms with Crippen LogP contribution >= 0.6 is 23.1 Å². The van der Waals surface area contributed by atoms with Crippen LogP contribution in [0.5, 0.6) is 0 Å². The van der Waals surface area contributed by atoms with Crippen molar-refractivity contribution >= 4 is 46.3 Å². The Morgan fingerprint density at radius 3 is 2.50 bits per heavy atom. The summed E-state index contributed by atoms with van der Waals surface area (Å²) in [7, 11) is 0. The van der Waals surface area contributed by atoms with Crippen molar-refractivity contribution in [3.63, 3.8) is 0 Å². The minimum Gasteiger partial charge on any atom is -0.324 e. The second-order valence-corrected chi connectivity index (χ2v) is 9.80. The second-order valence-electron chi connectivity index (χ2n) is 7.69. The second kappa shape index (κ2) is 10.6. The molecule has 2 amide bonds. The predicted molar refractivity (Wildman–Crippen MR) is 132 cm³/mol. The average Bonchev–Trinajstić information content (AvgIpc) is 3.45. The summed E-state index contributed by atoms with van der Waals surface area (Å²) in [5.41, 5.74) is 2.83. The fourth-order valence-electron chi connectivity index (χ4n) is 3.53. The van der Waals surface area contributed by atoms with Gasteiger partial charge in [0.2, 0.25) is 5.91 Å². The topological polar surface area (TPSA) is 71.1 Å². The Morgan fingerprint density at radius 1 is 1.09 bits per heavy atom. The minimum absolute atomic E-state index is 0.0417. The van der Waals surface area contributed by atoms with Crippen LogP contribution < -0.4 is 10.6 Å². The number of carbonyl (C=O) groups is 2. The maximum absolute atomic E-state index is 12.8. The zero-order chi connectivity index (χ0) is 22.3. The van der Waals surface area contributed by atoms with Crippen molar-refractivity contribution in [2.24, 2.45) is 5.92 Å². The van der Waals surface area contributed by atoms with Gasteiger partial charge in [-0.05, 0) is 62.1 Å². The first-order valence-electron chi connectivity index (χ1n) is 10.6. The lowest BCUT2D eigenvalue weighted by atomic mass is 10.0. The SMILES string of the molecule is Cc1nc(CSc2ccc(C(=O)Nc3ccccc3NC(=O)CC3C=CCC3)cc2)cs1. The highest BCUT2D eigenvalue weighted by Gasteiger charge is 2.16. The predicted octanol–water partition coefficient (Wildman–Crippen LogP) is 6.29. The third-order valence-corrected chi connectivity index (χ3v) is 7.05. The largest absolute Gasteiger partial charge is 0.324 e. The van der Waals surface area contributed by atoms with Gasteiger partial charge in [0.25, 0.3) is 5.91 Å². The molecule has 1 aliphatic rings. The summed E-state index contributed by atoms with van der Waals surface area (Å²) in [5.74, 6) is 0.851. The van der Waals surface area contributed by atoms with Gasteiger partial charge >= 0.3 is 0 Å². The number of thiazole rings is 1. The molecule has 0 spiro atoms. The number of para-hydroxylation sites is 2. The molecule has 5 nitrogen and oxygen atoms in total. The maximum Gasteiger partial charge on any atom is 0.255 e. The number of hydrogen-bond acceptors (Lipinski definition) is 5. The van der Waals surface area contributed by atoms with E-state index in [4.69, 9.17) is 0 Å². The van der Waals surface area contributed by atoms with Gasteiger partial charge in [-0.15, -0.1) is 23.1 Å². The number of benzene rings is 2. The molecule has 0 radical (unpaired) electrons. The van der Waals surface area contributed by atoms with Gasteiger partial charge < -0.3 is 10.6 Å². The summed E-state index contributed by atoms with van der Waals surface area (Å²) in [6, 6.07) is 14.8. The van der Waals surface area contributed by atoms with Gasteiger partial charge in [-0.1, -0.05) is 24.3 Å². The number of thioether (sulfide) groups is 1. The van der Waals surface area contributed by atoms with Crippen LogP contribution in [0.15, 0.2) is 71.0 Å². The first kappa shape index (κ1) is 22.3. The van der Waals surface area contributed by atoms with E-state index in [0.717, 1.165) is 34.2 Å². The number of hydrogen-bond donors (Lipinski definition) is 2. The number of amides is 2. The number of carbonyl (C=O) groups excluding carboxylic acids is 2. The number of allylic oxidation sites excluding steroid dienone is 2. The molecule has 0 saturated carbocycles. The Balaban J connectivity index is 1.35. The highest BCUT2D eigenvalue weighted by molar-refractivity contribution is 7.98. The highest BCUT2D eigenvalue weighted by Crippen LogP contribution is 2.26. The van der Waals surface area contributed by atoms with Crippen molar-refractivity contribution in [2.75, 3.05) is 10.6 Å². The first-order valence-corrected chi connectivity index (χ1v) is 12.4. The number of nitrogens with zero attached hydrogens (tertiary/aromatic N) is 1. The summed E-state index contributed by atoms with van der Waals surface area (Å²) in [6.45, 7) is 2.00. The van der Waals surface area contributed by atoms with Crippen molar-refractivity contribution in [3.8, 4) is 0 Å². The number of nitrogens with one attached hydrogen (secondary N) is 2. The molecule has 164 valence electrons. The molecule has 4 rings (SSSR count). The van der Waals surface area contributed by atoms with Crippen molar-refractivity contribution in [1.82, 2.24) is 4.98 Å². The van der Waals surface area contributed by atoms with Crippen molar-refractivity contribution in [2.45, 2.75) is 36.8 Å². The molecule has 1 aromatic heterocycles. The standard InChI is InChI=1S/C25H25N3O2S2/c1-17-26-20(15-31-17)16-32-21-12-10-19(11-13-21)25(30)28-23-9-5-4-8-22(23)27-24(29)14-18-6-2-3-7-18/h2,4-6,8-13,15,18H,3,7,14,16H2,1H3,(H,27,29)(H,28,30). The van der Waals surface area contributed by atoms with E-state index in [1.165, 1.54) is 0 Å². The van der Waals surface area contributed by atoms with Crippen LogP contribution in [0.1, 0.15) is 40.3 Å². The lowest BCUT2D eigenvalue weighted by Crippen LogP contribution is -2.18. The van der Waals surface area contributed by atoms with Gasteiger partial charge in [0.15, 0.2) is 0 Å². The normalized spacial score (nSPS) is 15.0. The van der Waals surface area contributed by atoms with Crippen molar-refractivity contribution in [3.05, 3.63) is 82.3 Å². The summed E-state index contributed by atoms with van der Waals surface area (Å²) in [5, 5.41) is 9.01. The van der Waals surface area contributed by atoms with Gasteiger partial charge in [-0.25, -0.2) is 4.98 Å². The van der Waals surface area contributed by atoms with E-state index in [-0.39, 0.29) is 11.8 Å². The van der Waals surface area contributed by atoms with Crippen LogP contribution in [0.3, 0.4) is 0 Å². The van der Waals surface area contributed by atoms with Crippen LogP contribution in [0.4, 0.5) is 11.4 Å². The molecular formula is C25H25N3O2S2. The quantitative estimate of drug-likeness (QED) is 0.304. The average molecular weight is 464 g/mol. The van der Waals surface area contributed by atoms with E-state index in [0.29, 0.717) is 29.3 Å². The fraction of sp³-hybridized carbons (Fsp3) is 0.240. The molecule has 1 heterocycles. The lowest BCUT2D eigenvalue weighted by molar-refractivity contribution is -0.116. The molecule has 0 bridgehead atoms. The molecule has 2 aromatic carbocycles. The Hall–Kier alpha value is -2.90. The van der Waals surface area contributed by atoms with Crippen LogP contribution in [0, 0.1) is 12.8 Å². The molecular weight excluding hydrogens is 438 g/mol. The molecule has 1 unspecified atom stereocenters. The fourth-order valence-corrected chi connectivity index (χ4v) is 5.04. The van der Waals surface area contributed by atoms with Crippen molar-refractivity contribution < 1.29 is 9.59 Å².